The van der Waals surface area contributed by atoms with E-state index in [9.17, 15) is 19.5 Å². The average Bonchev–Trinajstić information content (AvgIpc) is 2.81. The summed E-state index contributed by atoms with van der Waals surface area (Å²) < 4.78 is 5.37. The second-order valence-corrected chi connectivity index (χ2v) is 10.2. The van der Waals surface area contributed by atoms with Gasteiger partial charge in [-0.3, -0.25) is 19.4 Å². The van der Waals surface area contributed by atoms with Crippen molar-refractivity contribution in [2.45, 2.75) is 67.2 Å². The van der Waals surface area contributed by atoms with Crippen molar-refractivity contribution in [1.29, 1.82) is 0 Å². The first-order valence-electron chi connectivity index (χ1n) is 12.2. The van der Waals surface area contributed by atoms with Gasteiger partial charge in [-0.05, 0) is 43.6 Å². The Hall–Kier alpha value is -2.93. The Morgan fingerprint density at radius 2 is 1.97 bits per heavy atom. The maximum atomic E-state index is 12.3. The van der Waals surface area contributed by atoms with Crippen molar-refractivity contribution in [2.75, 3.05) is 6.54 Å². The van der Waals surface area contributed by atoms with E-state index < -0.39 is 11.9 Å². The molecule has 0 unspecified atom stereocenters. The monoisotopic (exact) mass is 516 g/mol. The number of allylic oxidation sites excluding steroid dienone is 4. The van der Waals surface area contributed by atoms with Crippen LogP contribution in [0.25, 0.3) is 0 Å². The van der Waals surface area contributed by atoms with Gasteiger partial charge in [-0.15, -0.1) is 0 Å². The summed E-state index contributed by atoms with van der Waals surface area (Å²) in [6, 6.07) is 0. The number of carbonyl (C=O) groups excluding carboxylic acids is 3. The molecule has 0 bridgehead atoms. The van der Waals surface area contributed by atoms with Gasteiger partial charge in [-0.2, -0.15) is 0 Å². The van der Waals surface area contributed by atoms with Crippen molar-refractivity contribution in [3.63, 3.8) is 0 Å². The molecule has 1 aromatic rings. The van der Waals surface area contributed by atoms with Gasteiger partial charge in [0, 0.05) is 49.6 Å². The minimum atomic E-state index is -0.557. The molecular formula is C28H37ClN2O5. The SMILES string of the molecule is CC(=O)Oc1c(Cl)c(C)c(C=NCCC(N)=O)c(O)c1CC=C(C)C=C[C@@]1(C)[C@H](C)CCC(=O)[C@@H]1C. The zero-order chi connectivity index (χ0) is 27.2. The number of Topliss-reactive ketones (excluding diaryl/α,β-unsaturated/α-hetero) is 1. The predicted octanol–water partition coefficient (Wildman–Crippen LogP) is 5.26. The number of carbonyl (C=O) groups is 3. The maximum Gasteiger partial charge on any atom is 0.308 e. The molecule has 196 valence electrons. The molecule has 1 aromatic carbocycles. The van der Waals surface area contributed by atoms with Gasteiger partial charge in [0.2, 0.25) is 5.91 Å². The zero-order valence-electron chi connectivity index (χ0n) is 22.0. The standard InChI is InChI=1S/C28H37ClN2O5/c1-16(11-13-28(6)17(2)8-10-23(33)19(28)4)7-9-21-26(35)22(15-31-14-12-24(30)34)18(3)25(29)27(21)36-20(5)32/h7,11,13,15,17,19,35H,8-10,12,14H2,1-6H3,(H2,30,34)/t17-,19+,28+/m1/s1. The highest BCUT2D eigenvalue weighted by molar-refractivity contribution is 6.33. The van der Waals surface area contributed by atoms with Gasteiger partial charge in [0.05, 0.1) is 5.02 Å². The van der Waals surface area contributed by atoms with Gasteiger partial charge in [-0.1, -0.05) is 56.2 Å². The van der Waals surface area contributed by atoms with Gasteiger partial charge in [0.1, 0.15) is 11.5 Å². The zero-order valence-corrected chi connectivity index (χ0v) is 22.7. The molecule has 0 heterocycles. The topological polar surface area (TPSA) is 119 Å². The fourth-order valence-corrected chi connectivity index (χ4v) is 4.66. The summed E-state index contributed by atoms with van der Waals surface area (Å²) in [5, 5.41) is 11.3. The van der Waals surface area contributed by atoms with Crippen molar-refractivity contribution in [2.24, 2.45) is 28.0 Å². The van der Waals surface area contributed by atoms with E-state index in [0.29, 0.717) is 29.0 Å². The summed E-state index contributed by atoms with van der Waals surface area (Å²) in [6.07, 6.45) is 9.28. The van der Waals surface area contributed by atoms with Gasteiger partial charge < -0.3 is 15.6 Å². The third kappa shape index (κ3) is 6.84. The van der Waals surface area contributed by atoms with Crippen LogP contribution in [0.2, 0.25) is 5.02 Å². The van der Waals surface area contributed by atoms with Crippen LogP contribution in [0.1, 0.15) is 70.6 Å². The Kier molecular flexibility index (Phi) is 10.1. The first-order valence-corrected chi connectivity index (χ1v) is 12.6. The molecule has 0 spiro atoms. The molecule has 2 rings (SSSR count). The van der Waals surface area contributed by atoms with E-state index in [0.717, 1.165) is 12.0 Å². The third-order valence-electron chi connectivity index (χ3n) is 7.34. The highest BCUT2D eigenvalue weighted by Gasteiger charge is 2.41. The summed E-state index contributed by atoms with van der Waals surface area (Å²) in [7, 11) is 0. The smallest absolute Gasteiger partial charge is 0.308 e. The number of aromatic hydroxyl groups is 1. The van der Waals surface area contributed by atoms with Crippen LogP contribution in [0.4, 0.5) is 0 Å². The number of halogens is 1. The molecular weight excluding hydrogens is 480 g/mol. The molecule has 8 heteroatoms. The maximum absolute atomic E-state index is 12.3. The van der Waals surface area contributed by atoms with E-state index >= 15 is 0 Å². The fourth-order valence-electron chi connectivity index (χ4n) is 4.41. The first-order chi connectivity index (χ1) is 16.8. The minimum absolute atomic E-state index is 0.0581. The predicted molar refractivity (Wildman–Crippen MR) is 143 cm³/mol. The minimum Gasteiger partial charge on any atom is -0.507 e. The number of nitrogens with two attached hydrogens (primary N) is 1. The Balaban J connectivity index is 2.42. The number of phenolic OH excluding ortho intramolecular Hbond substituents is 1. The van der Waals surface area contributed by atoms with E-state index in [1.807, 2.05) is 26.0 Å². The van der Waals surface area contributed by atoms with Crippen LogP contribution in [0, 0.1) is 24.2 Å². The number of hydrogen-bond acceptors (Lipinski definition) is 6. The molecule has 36 heavy (non-hydrogen) atoms. The van der Waals surface area contributed by atoms with E-state index in [1.165, 1.54) is 13.1 Å². The summed E-state index contributed by atoms with van der Waals surface area (Å²) in [4.78, 5) is 39.2. The Labute approximate surface area is 218 Å². The van der Waals surface area contributed by atoms with Crippen LogP contribution in [-0.4, -0.2) is 35.5 Å². The number of phenols is 1. The van der Waals surface area contributed by atoms with Gasteiger partial charge >= 0.3 is 5.97 Å². The van der Waals surface area contributed by atoms with E-state index in [4.69, 9.17) is 22.1 Å². The van der Waals surface area contributed by atoms with Gasteiger partial charge in [0.15, 0.2) is 5.75 Å². The van der Waals surface area contributed by atoms with Crippen molar-refractivity contribution in [3.05, 3.63) is 45.5 Å². The molecule has 3 N–H and O–H groups in total. The summed E-state index contributed by atoms with van der Waals surface area (Å²) in [6.45, 7) is 11.4. The third-order valence-corrected chi connectivity index (χ3v) is 7.79. The van der Waals surface area contributed by atoms with Crippen LogP contribution in [-0.2, 0) is 20.8 Å². The number of benzene rings is 1. The average molecular weight is 517 g/mol. The quantitative estimate of drug-likeness (QED) is 0.201. The first kappa shape index (κ1) is 29.3. The van der Waals surface area contributed by atoms with E-state index in [-0.39, 0.29) is 53.0 Å². The molecule has 7 nitrogen and oxygen atoms in total. The highest BCUT2D eigenvalue weighted by atomic mass is 35.5. The Morgan fingerprint density at radius 3 is 2.58 bits per heavy atom. The number of primary amides is 1. The molecule has 3 atom stereocenters. The molecule has 1 fully saturated rings. The number of hydrogen-bond donors (Lipinski definition) is 2. The lowest BCUT2D eigenvalue weighted by Crippen LogP contribution is -2.40. The lowest BCUT2D eigenvalue weighted by molar-refractivity contribution is -0.132. The number of nitrogens with zero attached hydrogens (tertiary/aromatic N) is 1. The number of ether oxygens (including phenoxy) is 1. The number of rotatable bonds is 9. The van der Waals surface area contributed by atoms with E-state index in [2.05, 4.69) is 24.9 Å². The van der Waals surface area contributed by atoms with Crippen molar-refractivity contribution >= 4 is 35.5 Å². The van der Waals surface area contributed by atoms with Crippen LogP contribution >= 0.6 is 11.6 Å². The Bertz CT molecular complexity index is 1120. The fraction of sp³-hybridized carbons (Fsp3) is 0.500. The molecule has 1 aliphatic carbocycles. The molecule has 1 amide bonds. The largest absolute Gasteiger partial charge is 0.507 e. The number of ketones is 1. The summed E-state index contributed by atoms with van der Waals surface area (Å²) >= 11 is 6.53. The van der Waals surface area contributed by atoms with Gasteiger partial charge in [-0.25, -0.2) is 0 Å². The van der Waals surface area contributed by atoms with Crippen LogP contribution in [0.15, 0.2) is 28.8 Å². The van der Waals surface area contributed by atoms with Crippen molar-refractivity contribution in [1.82, 2.24) is 0 Å². The van der Waals surface area contributed by atoms with Crippen molar-refractivity contribution in [3.8, 4) is 11.5 Å². The molecule has 0 aromatic heterocycles. The van der Waals surface area contributed by atoms with E-state index in [1.54, 1.807) is 6.92 Å². The lowest BCUT2D eigenvalue weighted by Gasteiger charge is -2.42. The molecule has 0 aliphatic heterocycles. The number of amides is 1. The van der Waals surface area contributed by atoms with Crippen molar-refractivity contribution < 1.29 is 24.2 Å². The normalized spacial score (nSPS) is 23.0. The number of esters is 1. The highest BCUT2D eigenvalue weighted by Crippen LogP contribution is 2.45. The number of aliphatic imine (C=N–C) groups is 1. The summed E-state index contributed by atoms with van der Waals surface area (Å²) in [5.41, 5.74) is 7.07. The lowest BCUT2D eigenvalue weighted by atomic mass is 9.61. The summed E-state index contributed by atoms with van der Waals surface area (Å²) in [5.74, 6) is -0.417. The molecule has 0 radical (unpaired) electrons. The molecule has 0 saturated heterocycles. The Morgan fingerprint density at radius 1 is 1.31 bits per heavy atom. The van der Waals surface area contributed by atoms with Crippen LogP contribution in [0.5, 0.6) is 11.5 Å². The molecule has 1 aliphatic rings. The van der Waals surface area contributed by atoms with Gasteiger partial charge in [0.25, 0.3) is 0 Å². The van der Waals surface area contributed by atoms with Crippen LogP contribution in [0.3, 0.4) is 0 Å². The van der Waals surface area contributed by atoms with Crippen LogP contribution < -0.4 is 10.5 Å². The second-order valence-electron chi connectivity index (χ2n) is 9.83. The molecule has 1 saturated carbocycles. The second kappa shape index (κ2) is 12.3.